The summed E-state index contributed by atoms with van der Waals surface area (Å²) in [6.45, 7) is -2.53. The van der Waals surface area contributed by atoms with Gasteiger partial charge in [0.1, 0.15) is 0 Å². The van der Waals surface area contributed by atoms with Crippen LogP contribution in [0.3, 0.4) is 0 Å². The van der Waals surface area contributed by atoms with E-state index in [1.807, 2.05) is 0 Å². The van der Waals surface area contributed by atoms with Gasteiger partial charge in [-0.2, -0.15) is 13.2 Å². The lowest BCUT2D eigenvalue weighted by Crippen LogP contribution is -2.41. The smallest absolute Gasteiger partial charge is 0.325 e. The second kappa shape index (κ2) is 7.39. The van der Waals surface area contributed by atoms with E-state index in [-0.39, 0.29) is 16.9 Å². The summed E-state index contributed by atoms with van der Waals surface area (Å²) < 4.78 is 89.3. The first-order valence-electron chi connectivity index (χ1n) is 5.33. The molecule has 22 heavy (non-hydrogen) atoms. The van der Waals surface area contributed by atoms with Gasteiger partial charge >= 0.3 is 6.18 Å². The Morgan fingerprint density at radius 1 is 1.18 bits per heavy atom. The molecular formula is C10H11BrClF5N2O2S. The number of hydrogen-bond acceptors (Lipinski definition) is 3. The standard InChI is InChI=1S/C10H10BrF5N2O2S.ClH/c11-6-1-2-8(7(3-6)10(14,15)16)21(19,20)18-5-9(12,13)4-17;/h1-3,18H,4-5,17H2;1H. The van der Waals surface area contributed by atoms with Crippen molar-refractivity contribution in [2.75, 3.05) is 13.1 Å². The normalized spacial score (nSPS) is 12.9. The maximum atomic E-state index is 12.9. The van der Waals surface area contributed by atoms with Crippen molar-refractivity contribution in [3.63, 3.8) is 0 Å². The molecule has 0 radical (unpaired) electrons. The minimum Gasteiger partial charge on any atom is -0.325 e. The zero-order chi connectivity index (χ0) is 16.5. The van der Waals surface area contributed by atoms with Crippen molar-refractivity contribution in [1.82, 2.24) is 4.72 Å². The predicted molar refractivity (Wildman–Crippen MR) is 75.6 cm³/mol. The minimum atomic E-state index is -4.95. The van der Waals surface area contributed by atoms with Crippen LogP contribution in [-0.2, 0) is 16.2 Å². The lowest BCUT2D eigenvalue weighted by molar-refractivity contribution is -0.139. The van der Waals surface area contributed by atoms with Crippen LogP contribution in [0.25, 0.3) is 0 Å². The Morgan fingerprint density at radius 2 is 1.73 bits per heavy atom. The molecule has 0 heterocycles. The fraction of sp³-hybridized carbons (Fsp3) is 0.400. The zero-order valence-electron chi connectivity index (χ0n) is 10.6. The van der Waals surface area contributed by atoms with E-state index in [0.717, 1.165) is 6.07 Å². The predicted octanol–water partition coefficient (Wildman–Crippen LogP) is 2.76. The zero-order valence-corrected chi connectivity index (χ0v) is 13.8. The van der Waals surface area contributed by atoms with E-state index in [1.54, 1.807) is 0 Å². The van der Waals surface area contributed by atoms with Crippen molar-refractivity contribution >= 4 is 38.4 Å². The number of sulfonamides is 1. The van der Waals surface area contributed by atoms with Gasteiger partial charge in [0.05, 0.1) is 23.5 Å². The fourth-order valence-electron chi connectivity index (χ4n) is 1.31. The Bertz CT molecular complexity index is 624. The highest BCUT2D eigenvalue weighted by Crippen LogP contribution is 2.35. The summed E-state index contributed by atoms with van der Waals surface area (Å²) in [5.41, 5.74) is 3.26. The molecule has 3 N–H and O–H groups in total. The van der Waals surface area contributed by atoms with Crippen molar-refractivity contribution in [2.24, 2.45) is 5.73 Å². The minimum absolute atomic E-state index is 0. The van der Waals surface area contributed by atoms with Gasteiger partial charge in [-0.15, -0.1) is 12.4 Å². The van der Waals surface area contributed by atoms with Crippen molar-refractivity contribution in [2.45, 2.75) is 17.0 Å². The van der Waals surface area contributed by atoms with Crippen molar-refractivity contribution in [3.05, 3.63) is 28.2 Å². The third-order valence-electron chi connectivity index (χ3n) is 2.36. The molecule has 0 spiro atoms. The number of nitrogens with one attached hydrogen (secondary N) is 1. The van der Waals surface area contributed by atoms with E-state index in [1.165, 1.54) is 4.72 Å². The lowest BCUT2D eigenvalue weighted by atomic mass is 10.2. The summed E-state index contributed by atoms with van der Waals surface area (Å²) in [4.78, 5) is -1.13. The van der Waals surface area contributed by atoms with Crippen LogP contribution < -0.4 is 10.5 Å². The first-order chi connectivity index (χ1) is 9.39. The Balaban J connectivity index is 0.00000441. The summed E-state index contributed by atoms with van der Waals surface area (Å²) in [5, 5.41) is 0. The summed E-state index contributed by atoms with van der Waals surface area (Å²) in [6.07, 6.45) is -4.95. The first-order valence-corrected chi connectivity index (χ1v) is 7.61. The van der Waals surface area contributed by atoms with Gasteiger partial charge in [0.2, 0.25) is 10.0 Å². The molecule has 4 nitrogen and oxygen atoms in total. The molecule has 0 aliphatic heterocycles. The van der Waals surface area contributed by atoms with Gasteiger partial charge < -0.3 is 5.73 Å². The molecule has 0 saturated heterocycles. The van der Waals surface area contributed by atoms with E-state index in [9.17, 15) is 30.4 Å². The lowest BCUT2D eigenvalue weighted by Gasteiger charge is -2.17. The Labute approximate surface area is 137 Å². The Morgan fingerprint density at radius 3 is 2.18 bits per heavy atom. The van der Waals surface area contributed by atoms with E-state index < -0.39 is 45.7 Å². The van der Waals surface area contributed by atoms with E-state index in [2.05, 4.69) is 15.9 Å². The highest BCUT2D eigenvalue weighted by Gasteiger charge is 2.38. The number of alkyl halides is 5. The van der Waals surface area contributed by atoms with Gasteiger partial charge in [0.15, 0.2) is 0 Å². The van der Waals surface area contributed by atoms with E-state index in [4.69, 9.17) is 5.73 Å². The number of nitrogens with two attached hydrogens (primary N) is 1. The molecule has 1 rings (SSSR count). The van der Waals surface area contributed by atoms with Gasteiger partial charge in [-0.3, -0.25) is 0 Å². The third kappa shape index (κ3) is 5.61. The van der Waals surface area contributed by atoms with Crippen molar-refractivity contribution < 1.29 is 30.4 Å². The van der Waals surface area contributed by atoms with Crippen LogP contribution in [0.4, 0.5) is 22.0 Å². The molecule has 0 fully saturated rings. The topological polar surface area (TPSA) is 72.2 Å². The van der Waals surface area contributed by atoms with E-state index in [0.29, 0.717) is 12.1 Å². The number of hydrogen-bond donors (Lipinski definition) is 2. The molecule has 0 atom stereocenters. The SMILES string of the molecule is Cl.NCC(F)(F)CNS(=O)(=O)c1ccc(Br)cc1C(F)(F)F. The summed E-state index contributed by atoms with van der Waals surface area (Å²) in [7, 11) is -4.76. The molecule has 0 bridgehead atoms. The molecule has 12 heteroatoms. The molecule has 1 aromatic rings. The number of rotatable bonds is 5. The van der Waals surface area contributed by atoms with Crippen molar-refractivity contribution in [3.8, 4) is 0 Å². The van der Waals surface area contributed by atoms with Gasteiger partial charge in [-0.05, 0) is 18.2 Å². The second-order valence-electron chi connectivity index (χ2n) is 4.02. The largest absolute Gasteiger partial charge is 0.417 e. The van der Waals surface area contributed by atoms with Gasteiger partial charge in [-0.1, -0.05) is 15.9 Å². The van der Waals surface area contributed by atoms with E-state index >= 15 is 0 Å². The summed E-state index contributed by atoms with van der Waals surface area (Å²) >= 11 is 2.79. The van der Waals surface area contributed by atoms with Gasteiger partial charge in [0, 0.05) is 4.47 Å². The highest BCUT2D eigenvalue weighted by atomic mass is 79.9. The molecular weight excluding hydrogens is 423 g/mol. The average Bonchev–Trinajstić information content (AvgIpc) is 2.35. The van der Waals surface area contributed by atoms with Crippen LogP contribution in [0.5, 0.6) is 0 Å². The molecule has 0 aliphatic carbocycles. The maximum absolute atomic E-state index is 12.9. The van der Waals surface area contributed by atoms with Crippen LogP contribution in [0.15, 0.2) is 27.6 Å². The average molecular weight is 434 g/mol. The molecule has 128 valence electrons. The molecule has 0 unspecified atom stereocenters. The number of benzene rings is 1. The van der Waals surface area contributed by atoms with Gasteiger partial charge in [0.25, 0.3) is 5.92 Å². The maximum Gasteiger partial charge on any atom is 0.417 e. The molecule has 0 aromatic heterocycles. The molecule has 0 saturated carbocycles. The summed E-state index contributed by atoms with van der Waals surface area (Å²) in [5.74, 6) is -3.55. The van der Waals surface area contributed by atoms with Crippen LogP contribution in [0.2, 0.25) is 0 Å². The quantitative estimate of drug-likeness (QED) is 0.702. The first kappa shape index (κ1) is 21.5. The van der Waals surface area contributed by atoms with Crippen LogP contribution in [0.1, 0.15) is 5.56 Å². The van der Waals surface area contributed by atoms with Crippen LogP contribution >= 0.6 is 28.3 Å². The summed E-state index contributed by atoms with van der Waals surface area (Å²) in [6, 6.07) is 2.29. The molecule has 1 aromatic carbocycles. The monoisotopic (exact) mass is 432 g/mol. The third-order valence-corrected chi connectivity index (χ3v) is 4.31. The Hall–Kier alpha value is -0.490. The second-order valence-corrected chi connectivity index (χ2v) is 6.67. The van der Waals surface area contributed by atoms with Crippen LogP contribution in [-0.4, -0.2) is 27.4 Å². The number of halogens is 7. The van der Waals surface area contributed by atoms with Gasteiger partial charge in [-0.25, -0.2) is 21.9 Å². The molecule has 0 aliphatic rings. The van der Waals surface area contributed by atoms with Crippen molar-refractivity contribution in [1.29, 1.82) is 0 Å². The fourth-order valence-corrected chi connectivity index (χ4v) is 2.94. The molecule has 0 amide bonds. The Kier molecular flexibility index (Phi) is 7.22. The van der Waals surface area contributed by atoms with Crippen LogP contribution in [0, 0.1) is 0 Å². The highest BCUT2D eigenvalue weighted by molar-refractivity contribution is 9.10.